The van der Waals surface area contributed by atoms with Crippen LogP contribution in [0, 0.1) is 11.2 Å². The number of nitrogens with zero attached hydrogens (tertiary/aromatic N) is 3. The Morgan fingerprint density at radius 3 is 2.61 bits per heavy atom. The number of benzene rings is 1. The van der Waals surface area contributed by atoms with Crippen molar-refractivity contribution in [3.8, 4) is 11.3 Å². The molecule has 0 fully saturated rings. The van der Waals surface area contributed by atoms with Crippen LogP contribution in [-0.2, 0) is 4.79 Å². The molecular weight excluding hydrogens is 437 g/mol. The van der Waals surface area contributed by atoms with Crippen LogP contribution in [0.25, 0.3) is 16.8 Å². The average molecular weight is 466 g/mol. The van der Waals surface area contributed by atoms with Crippen molar-refractivity contribution in [2.24, 2.45) is 5.41 Å². The highest BCUT2D eigenvalue weighted by atomic mass is 35.5. The first-order chi connectivity index (χ1) is 15.7. The third kappa shape index (κ3) is 4.88. The van der Waals surface area contributed by atoms with Gasteiger partial charge in [-0.1, -0.05) is 63.2 Å². The van der Waals surface area contributed by atoms with E-state index in [0.717, 1.165) is 29.9 Å². The van der Waals surface area contributed by atoms with Gasteiger partial charge < -0.3 is 9.80 Å². The highest BCUT2D eigenvalue weighted by Crippen LogP contribution is 2.41. The first kappa shape index (κ1) is 23.2. The molecule has 1 aromatic heterocycles. The summed E-state index contributed by atoms with van der Waals surface area (Å²) in [7, 11) is 0. The third-order valence-electron chi connectivity index (χ3n) is 5.90. The second-order valence-electron chi connectivity index (χ2n) is 9.70. The van der Waals surface area contributed by atoms with Crippen LogP contribution >= 0.6 is 11.6 Å². The van der Waals surface area contributed by atoms with Gasteiger partial charge in [0.25, 0.3) is 0 Å². The fourth-order valence-electron chi connectivity index (χ4n) is 4.42. The highest BCUT2D eigenvalue weighted by molar-refractivity contribution is 6.33. The van der Waals surface area contributed by atoms with Crippen LogP contribution in [0.2, 0.25) is 5.02 Å². The number of carbonyl (C=O) groups is 1. The van der Waals surface area contributed by atoms with Crippen molar-refractivity contribution >= 4 is 28.9 Å². The lowest BCUT2D eigenvalue weighted by molar-refractivity contribution is -0.125. The number of allylic oxidation sites excluding steroid dienone is 1. The van der Waals surface area contributed by atoms with Gasteiger partial charge in [-0.2, -0.15) is 0 Å². The van der Waals surface area contributed by atoms with Gasteiger partial charge in [0.2, 0.25) is 5.91 Å². The molecule has 1 aromatic carbocycles. The fourth-order valence-corrected chi connectivity index (χ4v) is 4.67. The molecule has 0 atom stereocenters. The Balaban J connectivity index is 1.78. The molecule has 0 unspecified atom stereocenters. The van der Waals surface area contributed by atoms with Gasteiger partial charge in [-0.25, -0.2) is 9.37 Å². The molecule has 0 saturated heterocycles. The van der Waals surface area contributed by atoms with Crippen molar-refractivity contribution < 1.29 is 9.18 Å². The van der Waals surface area contributed by atoms with E-state index < -0.39 is 0 Å². The Bertz CT molecular complexity index is 1160. The number of carbonyl (C=O) groups excluding carboxylic acids is 1. The molecule has 4 rings (SSSR count). The van der Waals surface area contributed by atoms with Crippen LogP contribution in [-0.4, -0.2) is 42.0 Å². The van der Waals surface area contributed by atoms with Crippen molar-refractivity contribution in [3.05, 3.63) is 77.1 Å². The lowest BCUT2D eigenvalue weighted by Gasteiger charge is -2.36. The van der Waals surface area contributed by atoms with Gasteiger partial charge in [-0.3, -0.25) is 4.79 Å². The maximum absolute atomic E-state index is 14.6. The van der Waals surface area contributed by atoms with E-state index >= 15 is 0 Å². The first-order valence-corrected chi connectivity index (χ1v) is 11.6. The van der Waals surface area contributed by atoms with E-state index in [1.54, 1.807) is 23.1 Å². The average Bonchev–Trinajstić information content (AvgIpc) is 2.78. The molecule has 0 bridgehead atoms. The zero-order chi connectivity index (χ0) is 23.8. The maximum Gasteiger partial charge on any atom is 0.246 e. The van der Waals surface area contributed by atoms with Gasteiger partial charge in [-0.15, -0.1) is 0 Å². The van der Waals surface area contributed by atoms with Gasteiger partial charge in [-0.05, 0) is 47.3 Å². The first-order valence-electron chi connectivity index (χ1n) is 11.2. The van der Waals surface area contributed by atoms with Gasteiger partial charge >= 0.3 is 0 Å². The monoisotopic (exact) mass is 465 g/mol. The molecule has 1 amide bonds. The van der Waals surface area contributed by atoms with E-state index in [-0.39, 0.29) is 17.1 Å². The minimum absolute atomic E-state index is 0.0533. The van der Waals surface area contributed by atoms with Gasteiger partial charge in [0.1, 0.15) is 11.6 Å². The second-order valence-corrected chi connectivity index (χ2v) is 10.1. The number of anilines is 1. The molecule has 4 nitrogen and oxygen atoms in total. The van der Waals surface area contributed by atoms with Crippen molar-refractivity contribution in [3.63, 3.8) is 0 Å². The number of rotatable bonds is 4. The zero-order valence-corrected chi connectivity index (χ0v) is 20.1. The largest absolute Gasteiger partial charge is 0.352 e. The summed E-state index contributed by atoms with van der Waals surface area (Å²) in [6.07, 6.45) is 6.41. The molecule has 2 aromatic rings. The molecule has 0 aliphatic carbocycles. The molecule has 3 heterocycles. The fraction of sp³-hybridized carbons (Fsp3) is 0.333. The molecule has 33 heavy (non-hydrogen) atoms. The molecule has 0 radical (unpaired) electrons. The summed E-state index contributed by atoms with van der Waals surface area (Å²) in [4.78, 5) is 20.9. The number of hydrogen-bond donors (Lipinski definition) is 0. The van der Waals surface area contributed by atoms with Crippen LogP contribution in [0.5, 0.6) is 0 Å². The van der Waals surface area contributed by atoms with Crippen LogP contribution in [0.3, 0.4) is 0 Å². The van der Waals surface area contributed by atoms with Crippen LogP contribution in [0.4, 0.5) is 10.2 Å². The quantitative estimate of drug-likeness (QED) is 0.509. The summed E-state index contributed by atoms with van der Waals surface area (Å²) in [5.41, 5.74) is 4.12. The summed E-state index contributed by atoms with van der Waals surface area (Å²) in [6.45, 7) is 12.8. The third-order valence-corrected chi connectivity index (χ3v) is 6.19. The van der Waals surface area contributed by atoms with E-state index in [1.807, 2.05) is 6.07 Å². The van der Waals surface area contributed by atoms with Crippen molar-refractivity contribution in [2.45, 2.75) is 27.2 Å². The summed E-state index contributed by atoms with van der Waals surface area (Å²) in [5.74, 6) is 0.414. The lowest BCUT2D eigenvalue weighted by atomic mass is 9.89. The van der Waals surface area contributed by atoms with Crippen LogP contribution in [0.15, 0.2) is 60.7 Å². The predicted octanol–water partition coefficient (Wildman–Crippen LogP) is 6.14. The van der Waals surface area contributed by atoms with E-state index in [4.69, 9.17) is 16.6 Å². The molecule has 0 N–H and O–H groups in total. The van der Waals surface area contributed by atoms with Crippen molar-refractivity contribution in [2.75, 3.05) is 31.1 Å². The molecule has 0 spiro atoms. The van der Waals surface area contributed by atoms with E-state index in [0.29, 0.717) is 35.9 Å². The van der Waals surface area contributed by atoms with E-state index in [1.165, 1.54) is 17.7 Å². The normalized spacial score (nSPS) is 16.2. The topological polar surface area (TPSA) is 36.4 Å². The van der Waals surface area contributed by atoms with Gasteiger partial charge in [0.05, 0.1) is 10.7 Å². The summed E-state index contributed by atoms with van der Waals surface area (Å²) >= 11 is 6.68. The zero-order valence-electron chi connectivity index (χ0n) is 19.4. The number of aromatic nitrogens is 1. The van der Waals surface area contributed by atoms with E-state index in [2.05, 4.69) is 44.4 Å². The van der Waals surface area contributed by atoms with Crippen molar-refractivity contribution in [1.29, 1.82) is 0 Å². The maximum atomic E-state index is 14.6. The summed E-state index contributed by atoms with van der Waals surface area (Å²) in [6, 6.07) is 8.49. The van der Waals surface area contributed by atoms with Crippen LogP contribution < -0.4 is 4.90 Å². The summed E-state index contributed by atoms with van der Waals surface area (Å²) in [5, 5.41) is 0.419. The predicted molar refractivity (Wildman–Crippen MR) is 134 cm³/mol. The van der Waals surface area contributed by atoms with Gasteiger partial charge in [0.15, 0.2) is 0 Å². The van der Waals surface area contributed by atoms with Crippen LogP contribution in [0.1, 0.15) is 32.8 Å². The van der Waals surface area contributed by atoms with E-state index in [9.17, 15) is 9.18 Å². The lowest BCUT2D eigenvalue weighted by Crippen LogP contribution is -2.37. The second kappa shape index (κ2) is 9.14. The van der Waals surface area contributed by atoms with Crippen molar-refractivity contribution in [1.82, 2.24) is 9.88 Å². The molecule has 2 aliphatic rings. The Morgan fingerprint density at radius 2 is 1.97 bits per heavy atom. The Kier molecular flexibility index (Phi) is 6.44. The highest BCUT2D eigenvalue weighted by Gasteiger charge is 2.29. The number of pyridine rings is 1. The molecular formula is C27H29ClFN3O. The SMILES string of the molecule is C=CC(=O)N1CC=C(C2=CCN(CC(C)(C)C)c3nc(-c4ccccc4F)c(Cl)cc32)CC1. The number of fused-ring (bicyclic) bond motifs is 1. The minimum Gasteiger partial charge on any atom is -0.352 e. The number of hydrogen-bond acceptors (Lipinski definition) is 3. The number of amides is 1. The van der Waals surface area contributed by atoms with Gasteiger partial charge in [0, 0.05) is 37.3 Å². The smallest absolute Gasteiger partial charge is 0.246 e. The Hall–Kier alpha value is -2.92. The number of halogens is 2. The Morgan fingerprint density at radius 1 is 1.21 bits per heavy atom. The summed E-state index contributed by atoms with van der Waals surface area (Å²) < 4.78 is 14.6. The molecule has 2 aliphatic heterocycles. The molecule has 0 saturated carbocycles. The standard InChI is InChI=1S/C27H29ClFN3O/c1-5-24(33)31-13-10-18(11-14-31)19-12-15-32(17-27(2,3)4)26-21(19)16-22(28)25(30-26)20-8-6-7-9-23(20)29/h5-10,12,16H,1,11,13-15,17H2,2-4H3. The minimum atomic E-state index is -0.345. The molecule has 172 valence electrons. The Labute approximate surface area is 200 Å². The molecule has 6 heteroatoms.